The van der Waals surface area contributed by atoms with E-state index >= 15 is 0 Å². The van der Waals surface area contributed by atoms with Gasteiger partial charge in [-0.05, 0) is 26.0 Å². The van der Waals surface area contributed by atoms with E-state index in [1.807, 2.05) is 0 Å². The Labute approximate surface area is 92.9 Å². The Balaban J connectivity index is 3.16. The van der Waals surface area contributed by atoms with Crippen molar-refractivity contribution in [1.82, 2.24) is 0 Å². The van der Waals surface area contributed by atoms with Gasteiger partial charge >= 0.3 is 0 Å². The molecule has 1 rings (SSSR count). The Bertz CT molecular complexity index is 368. The molecule has 0 aliphatic carbocycles. The Morgan fingerprint density at radius 2 is 1.88 bits per heavy atom. The predicted octanol–water partition coefficient (Wildman–Crippen LogP) is 2.28. The van der Waals surface area contributed by atoms with Crippen LogP contribution < -0.4 is 10.6 Å². The molecule has 0 bridgehead atoms. The fourth-order valence-corrected chi connectivity index (χ4v) is 1.58. The zero-order valence-electron chi connectivity index (χ0n) is 9.30. The van der Waals surface area contributed by atoms with Crippen molar-refractivity contribution in [2.45, 2.75) is 19.9 Å². The number of halogens is 3. The number of hydrogen-bond donors (Lipinski definition) is 1. The number of hydrogen-bond acceptors (Lipinski definition) is 2. The highest BCUT2D eigenvalue weighted by Gasteiger charge is 2.20. The van der Waals surface area contributed by atoms with Crippen LogP contribution in [0.5, 0.6) is 0 Å². The number of nitrogens with two attached hydrogens (primary N) is 1. The Morgan fingerprint density at radius 1 is 1.25 bits per heavy atom. The second-order valence-electron chi connectivity index (χ2n) is 3.57. The molecule has 2 N–H and O–H groups in total. The molecule has 90 valence electrons. The monoisotopic (exact) mass is 232 g/mol. The first kappa shape index (κ1) is 12.8. The maximum Gasteiger partial charge on any atom is 0.196 e. The average Bonchev–Trinajstić information content (AvgIpc) is 2.29. The van der Waals surface area contributed by atoms with Gasteiger partial charge in [-0.15, -0.1) is 0 Å². The second kappa shape index (κ2) is 5.21. The molecule has 0 heterocycles. The number of rotatable bonds is 4. The van der Waals surface area contributed by atoms with Gasteiger partial charge in [-0.1, -0.05) is 0 Å². The molecule has 0 spiro atoms. The fourth-order valence-electron chi connectivity index (χ4n) is 1.58. The molecule has 1 aromatic rings. The molecule has 0 radical (unpaired) electrons. The molecule has 5 heteroatoms. The second-order valence-corrected chi connectivity index (χ2v) is 3.57. The minimum Gasteiger partial charge on any atom is -0.365 e. The highest BCUT2D eigenvalue weighted by atomic mass is 19.2. The summed E-state index contributed by atoms with van der Waals surface area (Å²) in [6.45, 7) is 4.38. The van der Waals surface area contributed by atoms with Gasteiger partial charge in [0.05, 0.1) is 5.69 Å². The van der Waals surface area contributed by atoms with E-state index in [1.165, 1.54) is 6.07 Å². The molecule has 0 aliphatic rings. The molecule has 1 aromatic carbocycles. The standard InChI is InChI=1S/C11H15F3N2/c1-3-16(7(2)6-15)9-5-4-8(12)10(13)11(9)14/h4-5,7H,3,6,15H2,1-2H3. The number of anilines is 1. The first-order valence-corrected chi connectivity index (χ1v) is 5.13. The molecule has 1 atom stereocenters. The summed E-state index contributed by atoms with van der Waals surface area (Å²) in [6.07, 6.45) is 0. The van der Waals surface area contributed by atoms with Gasteiger partial charge in [0, 0.05) is 19.1 Å². The van der Waals surface area contributed by atoms with E-state index in [4.69, 9.17) is 5.73 Å². The smallest absolute Gasteiger partial charge is 0.196 e. The lowest BCUT2D eigenvalue weighted by Gasteiger charge is -2.29. The summed E-state index contributed by atoms with van der Waals surface area (Å²) in [5, 5.41) is 0. The molecule has 0 aliphatic heterocycles. The van der Waals surface area contributed by atoms with Crippen LogP contribution in [0.4, 0.5) is 18.9 Å². The molecule has 0 amide bonds. The van der Waals surface area contributed by atoms with Gasteiger partial charge in [-0.2, -0.15) is 0 Å². The summed E-state index contributed by atoms with van der Waals surface area (Å²) >= 11 is 0. The lowest BCUT2D eigenvalue weighted by Crippen LogP contribution is -2.39. The van der Waals surface area contributed by atoms with Crippen LogP contribution in [0.2, 0.25) is 0 Å². The first-order valence-electron chi connectivity index (χ1n) is 5.13. The zero-order valence-corrected chi connectivity index (χ0v) is 9.30. The SMILES string of the molecule is CCN(c1ccc(F)c(F)c1F)C(C)CN. The highest BCUT2D eigenvalue weighted by molar-refractivity contribution is 5.49. The van der Waals surface area contributed by atoms with E-state index in [1.54, 1.807) is 18.7 Å². The summed E-state index contributed by atoms with van der Waals surface area (Å²) in [4.78, 5) is 1.60. The Kier molecular flexibility index (Phi) is 4.18. The van der Waals surface area contributed by atoms with E-state index in [9.17, 15) is 13.2 Å². The van der Waals surface area contributed by atoms with E-state index < -0.39 is 17.5 Å². The van der Waals surface area contributed by atoms with Crippen LogP contribution in [0.25, 0.3) is 0 Å². The molecule has 0 saturated heterocycles. The van der Waals surface area contributed by atoms with Crippen LogP contribution in [-0.4, -0.2) is 19.1 Å². The summed E-state index contributed by atoms with van der Waals surface area (Å²) < 4.78 is 39.3. The topological polar surface area (TPSA) is 29.3 Å². The number of likely N-dealkylation sites (N-methyl/N-ethyl adjacent to an activating group) is 1. The van der Waals surface area contributed by atoms with Gasteiger partial charge < -0.3 is 10.6 Å². The molecule has 16 heavy (non-hydrogen) atoms. The first-order chi connectivity index (χ1) is 7.52. The maximum atomic E-state index is 13.5. The van der Waals surface area contributed by atoms with Crippen LogP contribution in [0.1, 0.15) is 13.8 Å². The summed E-state index contributed by atoms with van der Waals surface area (Å²) in [5.41, 5.74) is 5.51. The minimum absolute atomic E-state index is 0.0411. The van der Waals surface area contributed by atoms with Gasteiger partial charge in [0.1, 0.15) is 0 Å². The van der Waals surface area contributed by atoms with E-state index in [2.05, 4.69) is 0 Å². The lowest BCUT2D eigenvalue weighted by molar-refractivity contribution is 0.444. The molecular formula is C11H15F3N2. The van der Waals surface area contributed by atoms with Crippen molar-refractivity contribution in [3.05, 3.63) is 29.6 Å². The maximum absolute atomic E-state index is 13.5. The van der Waals surface area contributed by atoms with Crippen molar-refractivity contribution < 1.29 is 13.2 Å². The summed E-state index contributed by atoms with van der Waals surface area (Å²) in [6, 6.07) is 2.01. The number of benzene rings is 1. The third kappa shape index (κ3) is 2.29. The highest BCUT2D eigenvalue weighted by Crippen LogP contribution is 2.24. The minimum atomic E-state index is -1.44. The molecule has 1 unspecified atom stereocenters. The van der Waals surface area contributed by atoms with Crippen molar-refractivity contribution in [2.75, 3.05) is 18.0 Å². The third-order valence-electron chi connectivity index (χ3n) is 2.54. The molecule has 0 saturated carbocycles. The van der Waals surface area contributed by atoms with Crippen molar-refractivity contribution in [3.8, 4) is 0 Å². The van der Waals surface area contributed by atoms with E-state index in [0.717, 1.165) is 6.07 Å². The van der Waals surface area contributed by atoms with Crippen molar-refractivity contribution >= 4 is 5.69 Å². The van der Waals surface area contributed by atoms with Crippen molar-refractivity contribution in [1.29, 1.82) is 0 Å². The van der Waals surface area contributed by atoms with Crippen LogP contribution in [0.15, 0.2) is 12.1 Å². The lowest BCUT2D eigenvalue weighted by atomic mass is 10.2. The third-order valence-corrected chi connectivity index (χ3v) is 2.54. The quantitative estimate of drug-likeness (QED) is 0.807. The molecular weight excluding hydrogens is 217 g/mol. The van der Waals surface area contributed by atoms with Gasteiger partial charge in [0.25, 0.3) is 0 Å². The molecule has 0 aromatic heterocycles. The van der Waals surface area contributed by atoms with Crippen molar-refractivity contribution in [3.63, 3.8) is 0 Å². The zero-order chi connectivity index (χ0) is 12.3. The predicted molar refractivity (Wildman–Crippen MR) is 57.9 cm³/mol. The van der Waals surface area contributed by atoms with Crippen LogP contribution in [-0.2, 0) is 0 Å². The molecule has 2 nitrogen and oxygen atoms in total. The number of nitrogens with zero attached hydrogens (tertiary/aromatic N) is 1. The summed E-state index contributed by atoms with van der Waals surface area (Å²) in [5.74, 6) is -3.79. The summed E-state index contributed by atoms with van der Waals surface area (Å²) in [7, 11) is 0. The van der Waals surface area contributed by atoms with Gasteiger partial charge in [-0.3, -0.25) is 0 Å². The van der Waals surface area contributed by atoms with Crippen LogP contribution in [0, 0.1) is 17.5 Å². The van der Waals surface area contributed by atoms with E-state index in [0.29, 0.717) is 13.1 Å². The van der Waals surface area contributed by atoms with E-state index in [-0.39, 0.29) is 11.7 Å². The van der Waals surface area contributed by atoms with Crippen molar-refractivity contribution in [2.24, 2.45) is 5.73 Å². The van der Waals surface area contributed by atoms with Crippen LogP contribution in [0.3, 0.4) is 0 Å². The van der Waals surface area contributed by atoms with Gasteiger partial charge in [0.15, 0.2) is 17.5 Å². The van der Waals surface area contributed by atoms with Gasteiger partial charge in [0.2, 0.25) is 0 Å². The Morgan fingerprint density at radius 3 is 2.38 bits per heavy atom. The van der Waals surface area contributed by atoms with Crippen LogP contribution >= 0.6 is 0 Å². The fraction of sp³-hybridized carbons (Fsp3) is 0.455. The normalized spacial score (nSPS) is 12.6. The largest absolute Gasteiger partial charge is 0.365 e. The Hall–Kier alpha value is -1.23. The average molecular weight is 232 g/mol. The molecule has 0 fully saturated rings. The van der Waals surface area contributed by atoms with Gasteiger partial charge in [-0.25, -0.2) is 13.2 Å².